The fourth-order valence-electron chi connectivity index (χ4n) is 1.48. The van der Waals surface area contributed by atoms with Crippen molar-refractivity contribution in [1.29, 1.82) is 0 Å². The summed E-state index contributed by atoms with van der Waals surface area (Å²) in [4.78, 5) is 13.8. The minimum atomic E-state index is -0.529. The van der Waals surface area contributed by atoms with Gasteiger partial charge in [-0.3, -0.25) is 4.79 Å². The van der Waals surface area contributed by atoms with Crippen LogP contribution in [0.5, 0.6) is 0 Å². The van der Waals surface area contributed by atoms with Crippen LogP contribution in [-0.2, 0) is 4.79 Å². The highest BCUT2D eigenvalue weighted by Crippen LogP contribution is 2.03. The number of unbranched alkanes of at least 4 members (excludes halogenated alkanes) is 2. The van der Waals surface area contributed by atoms with Crippen LogP contribution >= 0.6 is 0 Å². The van der Waals surface area contributed by atoms with Crippen molar-refractivity contribution in [3.63, 3.8) is 0 Å². The van der Waals surface area contributed by atoms with Crippen LogP contribution in [0.3, 0.4) is 0 Å². The van der Waals surface area contributed by atoms with Crippen LogP contribution in [-0.4, -0.2) is 29.9 Å². The molecular formula is C13H24N2O. The van der Waals surface area contributed by atoms with Gasteiger partial charge in [0.2, 0.25) is 5.91 Å². The summed E-state index contributed by atoms with van der Waals surface area (Å²) in [6.07, 6.45) is 9.71. The number of carbonyl (C=O) groups excluding carboxylic acids is 1. The molecule has 92 valence electrons. The molecule has 0 spiro atoms. The molecule has 0 rings (SSSR count). The molecule has 3 heteroatoms. The zero-order chi connectivity index (χ0) is 12.4. The summed E-state index contributed by atoms with van der Waals surface area (Å²) in [6.45, 7) is 5.83. The van der Waals surface area contributed by atoms with Crippen LogP contribution < -0.4 is 5.73 Å². The third kappa shape index (κ3) is 5.77. The van der Waals surface area contributed by atoms with Crippen molar-refractivity contribution in [1.82, 2.24) is 4.90 Å². The molecule has 1 atom stereocenters. The zero-order valence-electron chi connectivity index (χ0n) is 10.5. The largest absolute Gasteiger partial charge is 0.341 e. The van der Waals surface area contributed by atoms with E-state index in [4.69, 9.17) is 12.2 Å². The van der Waals surface area contributed by atoms with E-state index in [9.17, 15) is 4.79 Å². The van der Waals surface area contributed by atoms with E-state index < -0.39 is 6.04 Å². The molecule has 1 unspecified atom stereocenters. The topological polar surface area (TPSA) is 46.3 Å². The first-order chi connectivity index (χ1) is 7.67. The quantitative estimate of drug-likeness (QED) is 0.639. The number of nitrogens with zero attached hydrogens (tertiary/aromatic N) is 1. The number of nitrogens with two attached hydrogens (primary N) is 1. The second-order valence-electron chi connectivity index (χ2n) is 4.05. The molecule has 0 saturated heterocycles. The van der Waals surface area contributed by atoms with Crippen molar-refractivity contribution >= 4 is 5.91 Å². The van der Waals surface area contributed by atoms with Gasteiger partial charge in [0.1, 0.15) is 0 Å². The molecule has 0 aromatic heterocycles. The summed E-state index contributed by atoms with van der Waals surface area (Å²) in [7, 11) is 0. The molecule has 16 heavy (non-hydrogen) atoms. The summed E-state index contributed by atoms with van der Waals surface area (Å²) in [5.74, 6) is 2.44. The molecule has 2 N–H and O–H groups in total. The van der Waals surface area contributed by atoms with E-state index in [1.54, 1.807) is 0 Å². The highest BCUT2D eigenvalue weighted by molar-refractivity contribution is 5.81. The van der Waals surface area contributed by atoms with Crippen molar-refractivity contribution in [2.75, 3.05) is 13.1 Å². The lowest BCUT2D eigenvalue weighted by atomic mass is 10.1. The summed E-state index contributed by atoms with van der Waals surface area (Å²) in [5, 5.41) is 0. The lowest BCUT2D eigenvalue weighted by molar-refractivity contribution is -0.132. The molecule has 0 saturated carbocycles. The molecule has 0 bridgehead atoms. The summed E-state index contributed by atoms with van der Waals surface area (Å²) in [6, 6.07) is -0.529. The number of terminal acetylenes is 1. The minimum absolute atomic E-state index is 0.000139. The predicted octanol–water partition coefficient (Wildman–Crippen LogP) is 1.77. The van der Waals surface area contributed by atoms with Crippen molar-refractivity contribution in [2.45, 2.75) is 52.0 Å². The van der Waals surface area contributed by atoms with Gasteiger partial charge < -0.3 is 10.6 Å². The molecule has 0 radical (unpaired) electrons. The Kier molecular flexibility index (Phi) is 8.65. The van der Waals surface area contributed by atoms with Crippen LogP contribution in [0.15, 0.2) is 0 Å². The maximum atomic E-state index is 12.0. The molecular weight excluding hydrogens is 200 g/mol. The van der Waals surface area contributed by atoms with E-state index in [-0.39, 0.29) is 5.91 Å². The third-order valence-electron chi connectivity index (χ3n) is 2.53. The van der Waals surface area contributed by atoms with E-state index in [2.05, 4.69) is 19.8 Å². The van der Waals surface area contributed by atoms with Gasteiger partial charge in [0.15, 0.2) is 0 Å². The van der Waals surface area contributed by atoms with Crippen LogP contribution in [0.4, 0.5) is 0 Å². The highest BCUT2D eigenvalue weighted by atomic mass is 16.2. The number of hydrogen-bond donors (Lipinski definition) is 1. The summed E-state index contributed by atoms with van der Waals surface area (Å²) in [5.41, 5.74) is 5.74. The van der Waals surface area contributed by atoms with Gasteiger partial charge in [0.05, 0.1) is 6.04 Å². The first kappa shape index (κ1) is 15.0. The summed E-state index contributed by atoms with van der Waals surface area (Å²) < 4.78 is 0. The zero-order valence-corrected chi connectivity index (χ0v) is 10.5. The van der Waals surface area contributed by atoms with Gasteiger partial charge in [-0.2, -0.15) is 0 Å². The molecule has 0 aliphatic carbocycles. The highest BCUT2D eigenvalue weighted by Gasteiger charge is 2.19. The first-order valence-corrected chi connectivity index (χ1v) is 6.15. The smallest absolute Gasteiger partial charge is 0.240 e. The second-order valence-corrected chi connectivity index (χ2v) is 4.05. The van der Waals surface area contributed by atoms with Crippen LogP contribution in [0.1, 0.15) is 46.0 Å². The van der Waals surface area contributed by atoms with E-state index in [1.807, 2.05) is 4.90 Å². The van der Waals surface area contributed by atoms with Crippen LogP contribution in [0, 0.1) is 12.3 Å². The number of amides is 1. The third-order valence-corrected chi connectivity index (χ3v) is 2.53. The first-order valence-electron chi connectivity index (χ1n) is 6.15. The van der Waals surface area contributed by atoms with Gasteiger partial charge in [-0.05, 0) is 12.8 Å². The maximum Gasteiger partial charge on any atom is 0.240 e. The molecule has 0 aromatic rings. The Morgan fingerprint density at radius 2 is 1.81 bits per heavy atom. The molecule has 0 fully saturated rings. The number of rotatable bonds is 8. The number of carbonyl (C=O) groups is 1. The number of hydrogen-bond acceptors (Lipinski definition) is 2. The Bertz CT molecular complexity index is 225. The molecule has 0 heterocycles. The Morgan fingerprint density at radius 3 is 2.19 bits per heavy atom. The Morgan fingerprint density at radius 1 is 1.31 bits per heavy atom. The molecule has 0 aliphatic rings. The van der Waals surface area contributed by atoms with Gasteiger partial charge in [0.25, 0.3) is 0 Å². The van der Waals surface area contributed by atoms with Gasteiger partial charge >= 0.3 is 0 Å². The maximum absolute atomic E-state index is 12.0. The van der Waals surface area contributed by atoms with Gasteiger partial charge in [-0.1, -0.05) is 26.7 Å². The normalized spacial score (nSPS) is 11.9. The van der Waals surface area contributed by atoms with Crippen molar-refractivity contribution in [3.05, 3.63) is 0 Å². The molecule has 1 amide bonds. The van der Waals surface area contributed by atoms with Gasteiger partial charge in [-0.25, -0.2) is 0 Å². The lowest BCUT2D eigenvalue weighted by Crippen LogP contribution is -2.44. The van der Waals surface area contributed by atoms with Crippen molar-refractivity contribution in [3.8, 4) is 12.3 Å². The van der Waals surface area contributed by atoms with Gasteiger partial charge in [0, 0.05) is 19.5 Å². The minimum Gasteiger partial charge on any atom is -0.341 e. The van der Waals surface area contributed by atoms with E-state index in [0.29, 0.717) is 6.42 Å². The molecule has 0 aliphatic heterocycles. The van der Waals surface area contributed by atoms with Crippen molar-refractivity contribution in [2.24, 2.45) is 5.73 Å². The average molecular weight is 224 g/mol. The van der Waals surface area contributed by atoms with E-state index in [0.717, 1.165) is 38.8 Å². The average Bonchev–Trinajstić information content (AvgIpc) is 2.29. The fraction of sp³-hybridized carbons (Fsp3) is 0.769. The summed E-state index contributed by atoms with van der Waals surface area (Å²) >= 11 is 0. The fourth-order valence-corrected chi connectivity index (χ4v) is 1.48. The van der Waals surface area contributed by atoms with Crippen LogP contribution in [0.25, 0.3) is 0 Å². The predicted molar refractivity (Wildman–Crippen MR) is 67.8 cm³/mol. The Balaban J connectivity index is 4.24. The Hall–Kier alpha value is -1.01. The van der Waals surface area contributed by atoms with E-state index in [1.165, 1.54) is 0 Å². The standard InChI is InChI=1S/C13H24N2O/c1-4-7-10-15(11-8-5-2)13(16)12(14)9-6-3/h3,12H,4-5,7-11,14H2,1-2H3. The molecule has 0 aromatic carbocycles. The molecule has 3 nitrogen and oxygen atoms in total. The second kappa shape index (κ2) is 9.23. The van der Waals surface area contributed by atoms with Gasteiger partial charge in [-0.15, -0.1) is 12.3 Å². The van der Waals surface area contributed by atoms with E-state index >= 15 is 0 Å². The van der Waals surface area contributed by atoms with Crippen LogP contribution in [0.2, 0.25) is 0 Å². The SMILES string of the molecule is C#CCC(N)C(=O)N(CCCC)CCCC. The lowest BCUT2D eigenvalue weighted by Gasteiger charge is -2.24. The van der Waals surface area contributed by atoms with Crippen molar-refractivity contribution < 1.29 is 4.79 Å². The monoisotopic (exact) mass is 224 g/mol. The Labute approximate surface area is 99.4 Å².